The smallest absolute Gasteiger partial charge is 0.411 e. The Balaban J connectivity index is 1.59. The minimum atomic E-state index is -0.543. The van der Waals surface area contributed by atoms with E-state index in [0.29, 0.717) is 17.8 Å². The van der Waals surface area contributed by atoms with Crippen LogP contribution in [0.5, 0.6) is 0 Å². The lowest BCUT2D eigenvalue weighted by atomic mass is 10.1. The molecule has 1 saturated heterocycles. The average Bonchev–Trinajstić information content (AvgIpc) is 3.42. The van der Waals surface area contributed by atoms with Crippen LogP contribution in [0.1, 0.15) is 30.2 Å². The van der Waals surface area contributed by atoms with Crippen molar-refractivity contribution in [2.24, 2.45) is 0 Å². The van der Waals surface area contributed by atoms with Crippen LogP contribution in [0.4, 0.5) is 10.5 Å². The molecular weight excluding hydrogens is 416 g/mol. The summed E-state index contributed by atoms with van der Waals surface area (Å²) in [4.78, 5) is 27.6. The minimum Gasteiger partial charge on any atom is -0.450 e. The van der Waals surface area contributed by atoms with Gasteiger partial charge in [-0.1, -0.05) is 6.07 Å². The van der Waals surface area contributed by atoms with E-state index < -0.39 is 11.7 Å². The summed E-state index contributed by atoms with van der Waals surface area (Å²) in [6, 6.07) is 11.0. The Morgan fingerprint density at radius 2 is 2.19 bits per heavy atom. The number of ether oxygens (including phenoxy) is 2. The molecule has 164 valence electrons. The van der Waals surface area contributed by atoms with E-state index >= 15 is 0 Å². The molecule has 3 heterocycles. The van der Waals surface area contributed by atoms with Gasteiger partial charge in [0.25, 0.3) is 0 Å². The maximum Gasteiger partial charge on any atom is 0.411 e. The van der Waals surface area contributed by atoms with Crippen LogP contribution in [-0.4, -0.2) is 36.9 Å². The van der Waals surface area contributed by atoms with Gasteiger partial charge in [0.2, 0.25) is 0 Å². The first-order valence-corrected chi connectivity index (χ1v) is 11.4. The highest BCUT2D eigenvalue weighted by Crippen LogP contribution is 2.25. The molecule has 4 rings (SSSR count). The Bertz CT molecular complexity index is 1070. The highest BCUT2D eigenvalue weighted by molar-refractivity contribution is 7.09. The first-order valence-electron chi connectivity index (χ1n) is 10.5. The van der Waals surface area contributed by atoms with Gasteiger partial charge in [-0.15, -0.1) is 11.3 Å². The number of hydrogen-bond acceptors (Lipinski definition) is 7. The van der Waals surface area contributed by atoms with Gasteiger partial charge in [0.1, 0.15) is 5.58 Å². The van der Waals surface area contributed by atoms with E-state index in [1.54, 1.807) is 36.5 Å². The maximum absolute atomic E-state index is 12.3. The van der Waals surface area contributed by atoms with Crippen molar-refractivity contribution < 1.29 is 18.7 Å². The van der Waals surface area contributed by atoms with Crippen LogP contribution in [0.3, 0.4) is 0 Å². The van der Waals surface area contributed by atoms with Crippen molar-refractivity contribution in [3.63, 3.8) is 0 Å². The summed E-state index contributed by atoms with van der Waals surface area (Å²) in [7, 11) is 0. The van der Waals surface area contributed by atoms with E-state index in [0.717, 1.165) is 43.5 Å². The Morgan fingerprint density at radius 3 is 2.94 bits per heavy atom. The summed E-state index contributed by atoms with van der Waals surface area (Å²) >= 11 is 1.72. The van der Waals surface area contributed by atoms with Crippen LogP contribution >= 0.6 is 11.3 Å². The predicted molar refractivity (Wildman–Crippen MR) is 121 cm³/mol. The molecular formula is C23H26N2O5S. The molecule has 0 spiro atoms. The van der Waals surface area contributed by atoms with Gasteiger partial charge in [0.05, 0.1) is 12.7 Å². The van der Waals surface area contributed by atoms with Crippen molar-refractivity contribution in [2.75, 3.05) is 25.1 Å². The fourth-order valence-electron chi connectivity index (χ4n) is 3.85. The van der Waals surface area contributed by atoms with Crippen molar-refractivity contribution in [1.29, 1.82) is 0 Å². The van der Waals surface area contributed by atoms with Crippen molar-refractivity contribution in [1.82, 2.24) is 4.90 Å². The summed E-state index contributed by atoms with van der Waals surface area (Å²) in [5.74, 6) is 0. The number of amides is 1. The molecule has 31 heavy (non-hydrogen) atoms. The van der Waals surface area contributed by atoms with Crippen LogP contribution in [0.25, 0.3) is 11.0 Å². The second kappa shape index (κ2) is 10.1. The molecule has 0 bridgehead atoms. The molecule has 8 heteroatoms. The Kier molecular flexibility index (Phi) is 7.01. The number of nitrogens with zero attached hydrogens (tertiary/aromatic N) is 1. The number of carbonyl (C=O) groups is 1. The minimum absolute atomic E-state index is 0.215. The molecule has 1 unspecified atom stereocenters. The van der Waals surface area contributed by atoms with E-state index in [1.165, 1.54) is 4.88 Å². The molecule has 1 fully saturated rings. The number of carbonyl (C=O) groups excluding carboxylic acids is 1. The molecule has 1 aromatic carbocycles. The van der Waals surface area contributed by atoms with Gasteiger partial charge < -0.3 is 13.9 Å². The lowest BCUT2D eigenvalue weighted by Crippen LogP contribution is -2.31. The Labute approximate surface area is 184 Å². The first-order chi connectivity index (χ1) is 15.1. The lowest BCUT2D eigenvalue weighted by molar-refractivity contribution is 0.0683. The van der Waals surface area contributed by atoms with Crippen molar-refractivity contribution in [3.05, 3.63) is 62.6 Å². The number of benzene rings is 1. The maximum atomic E-state index is 12.3. The van der Waals surface area contributed by atoms with Crippen molar-refractivity contribution >= 4 is 34.1 Å². The largest absolute Gasteiger partial charge is 0.450 e. The Hall–Kier alpha value is -2.68. The van der Waals surface area contributed by atoms with Gasteiger partial charge >= 0.3 is 11.7 Å². The third-order valence-electron chi connectivity index (χ3n) is 5.19. The molecule has 1 amide bonds. The number of fused-ring (bicyclic) bond motifs is 1. The summed E-state index contributed by atoms with van der Waals surface area (Å²) < 4.78 is 16.2. The number of thiophene rings is 1. The van der Waals surface area contributed by atoms with Crippen molar-refractivity contribution in [3.8, 4) is 0 Å². The highest BCUT2D eigenvalue weighted by atomic mass is 32.1. The zero-order chi connectivity index (χ0) is 21.6. The van der Waals surface area contributed by atoms with Crippen molar-refractivity contribution in [2.45, 2.75) is 39.0 Å². The number of anilines is 1. The summed E-state index contributed by atoms with van der Waals surface area (Å²) in [5, 5.41) is 5.56. The van der Waals surface area contributed by atoms with Gasteiger partial charge in [-0.25, -0.2) is 9.59 Å². The van der Waals surface area contributed by atoms with E-state index in [4.69, 9.17) is 13.9 Å². The molecule has 1 aliphatic rings. The van der Waals surface area contributed by atoms with E-state index in [-0.39, 0.29) is 12.7 Å². The molecule has 1 atom stereocenters. The molecule has 7 nitrogen and oxygen atoms in total. The summed E-state index contributed by atoms with van der Waals surface area (Å²) in [5.41, 5.74) is 1.43. The second-order valence-electron chi connectivity index (χ2n) is 7.53. The fourth-order valence-corrected chi connectivity index (χ4v) is 4.59. The SMILES string of the molecule is CCOC(=O)Nc1ccc2c(CN(Cc3cccs3)CC3CCCO3)cc(=O)oc2c1. The topological polar surface area (TPSA) is 81.0 Å². The number of rotatable bonds is 8. The standard InChI is InChI=1S/C23H26N2O5S/c1-2-28-23(27)24-17-7-8-20-16(11-22(26)30-21(20)12-17)13-25(14-18-5-3-9-29-18)15-19-6-4-10-31-19/h4,6-8,10-12,18H,2-3,5,9,13-15H2,1H3,(H,24,27). The first kappa shape index (κ1) is 21.5. The molecule has 0 radical (unpaired) electrons. The van der Waals surface area contributed by atoms with Gasteiger partial charge in [-0.05, 0) is 48.9 Å². The molecule has 0 aliphatic carbocycles. The highest BCUT2D eigenvalue weighted by Gasteiger charge is 2.21. The average molecular weight is 443 g/mol. The predicted octanol–water partition coefficient (Wildman–Crippen LogP) is 4.60. The van der Waals surface area contributed by atoms with Gasteiger partial charge in [0.15, 0.2) is 0 Å². The third kappa shape index (κ3) is 5.72. The third-order valence-corrected chi connectivity index (χ3v) is 6.05. The summed E-state index contributed by atoms with van der Waals surface area (Å²) in [6.45, 7) is 5.03. The van der Waals surface area contributed by atoms with E-state index in [2.05, 4.69) is 27.7 Å². The molecule has 0 saturated carbocycles. The van der Waals surface area contributed by atoms with Crippen LogP contribution < -0.4 is 10.9 Å². The quantitative estimate of drug-likeness (QED) is 0.514. The zero-order valence-electron chi connectivity index (χ0n) is 17.5. The van der Waals surface area contributed by atoms with Crippen LogP contribution in [0, 0.1) is 0 Å². The van der Waals surface area contributed by atoms with Gasteiger partial charge in [-0.2, -0.15) is 0 Å². The molecule has 1 aliphatic heterocycles. The van der Waals surface area contributed by atoms with Crippen LogP contribution in [0.2, 0.25) is 0 Å². The second-order valence-corrected chi connectivity index (χ2v) is 8.56. The van der Waals surface area contributed by atoms with Gasteiger partial charge in [0, 0.05) is 54.3 Å². The Morgan fingerprint density at radius 1 is 1.29 bits per heavy atom. The fraction of sp³-hybridized carbons (Fsp3) is 0.391. The van der Waals surface area contributed by atoms with E-state index in [1.807, 2.05) is 6.07 Å². The normalized spacial score (nSPS) is 16.1. The molecule has 3 aromatic rings. The monoisotopic (exact) mass is 442 g/mol. The number of hydrogen-bond donors (Lipinski definition) is 1. The van der Waals surface area contributed by atoms with Gasteiger partial charge in [-0.3, -0.25) is 10.2 Å². The number of nitrogens with one attached hydrogen (secondary N) is 1. The summed E-state index contributed by atoms with van der Waals surface area (Å²) in [6.07, 6.45) is 1.82. The van der Waals surface area contributed by atoms with Crippen LogP contribution in [-0.2, 0) is 22.6 Å². The molecule has 1 N–H and O–H groups in total. The van der Waals surface area contributed by atoms with E-state index in [9.17, 15) is 9.59 Å². The van der Waals surface area contributed by atoms with Crippen LogP contribution in [0.15, 0.2) is 51.0 Å². The molecule has 2 aromatic heterocycles. The zero-order valence-corrected chi connectivity index (χ0v) is 18.3. The lowest BCUT2D eigenvalue weighted by Gasteiger charge is -2.25.